The number of aliphatic hydroxyl groups excluding tert-OH is 1. The second-order valence-corrected chi connectivity index (χ2v) is 6.93. The van der Waals surface area contributed by atoms with Gasteiger partial charge in [0.25, 0.3) is 5.91 Å². The number of aliphatic hydroxyl groups is 1. The van der Waals surface area contributed by atoms with Gasteiger partial charge in [0.1, 0.15) is 0 Å². The number of nitrogens with zero attached hydrogens (tertiary/aromatic N) is 3. The number of nitriles is 1. The number of rotatable bonds is 4. The molecule has 0 aliphatic carbocycles. The van der Waals surface area contributed by atoms with E-state index in [1.165, 1.54) is 19.3 Å². The van der Waals surface area contributed by atoms with Crippen LogP contribution < -0.4 is 0 Å². The van der Waals surface area contributed by atoms with E-state index in [9.17, 15) is 15.2 Å². The summed E-state index contributed by atoms with van der Waals surface area (Å²) in [5.41, 5.74) is 0.887. The Hall–Kier alpha value is -1.90. The van der Waals surface area contributed by atoms with Crippen LogP contribution in [0.4, 0.5) is 0 Å². The lowest BCUT2D eigenvalue weighted by Gasteiger charge is -2.30. The quantitative estimate of drug-likeness (QED) is 0.914. The normalized spacial score (nSPS) is 24.8. The van der Waals surface area contributed by atoms with E-state index >= 15 is 0 Å². The van der Waals surface area contributed by atoms with Crippen LogP contribution in [0, 0.1) is 23.2 Å². The van der Waals surface area contributed by atoms with Gasteiger partial charge in [-0.3, -0.25) is 4.79 Å². The molecule has 128 valence electrons. The zero-order valence-corrected chi connectivity index (χ0v) is 14.0. The summed E-state index contributed by atoms with van der Waals surface area (Å²) in [5.74, 6) is 0.350. The zero-order valence-electron chi connectivity index (χ0n) is 14.0. The second kappa shape index (κ2) is 7.78. The summed E-state index contributed by atoms with van der Waals surface area (Å²) in [5, 5.41) is 18.9. The Kier molecular flexibility index (Phi) is 5.49. The third kappa shape index (κ3) is 3.61. The van der Waals surface area contributed by atoms with Crippen LogP contribution in [0.3, 0.4) is 0 Å². The summed E-state index contributed by atoms with van der Waals surface area (Å²) < 4.78 is 0. The summed E-state index contributed by atoms with van der Waals surface area (Å²) in [6.07, 6.45) is 3.80. The Labute approximate surface area is 143 Å². The van der Waals surface area contributed by atoms with Crippen molar-refractivity contribution in [3.63, 3.8) is 0 Å². The Morgan fingerprint density at radius 1 is 1.17 bits per heavy atom. The molecule has 5 nitrogen and oxygen atoms in total. The fourth-order valence-electron chi connectivity index (χ4n) is 3.93. The molecule has 1 aromatic carbocycles. The highest BCUT2D eigenvalue weighted by molar-refractivity contribution is 5.96. The van der Waals surface area contributed by atoms with E-state index in [4.69, 9.17) is 0 Å². The molecule has 1 amide bonds. The highest BCUT2D eigenvalue weighted by atomic mass is 16.3. The minimum Gasteiger partial charge on any atom is -0.396 e. The Balaban J connectivity index is 1.69. The average Bonchev–Trinajstić information content (AvgIpc) is 3.04. The maximum atomic E-state index is 12.8. The van der Waals surface area contributed by atoms with Crippen LogP contribution >= 0.6 is 0 Å². The van der Waals surface area contributed by atoms with Crippen LogP contribution in [0.5, 0.6) is 0 Å². The number of piperidine rings is 1. The minimum atomic E-state index is -0.0910. The molecule has 1 N–H and O–H groups in total. The molecule has 0 unspecified atom stereocenters. The number of carbonyl (C=O) groups excluding carboxylic acids is 1. The second-order valence-electron chi connectivity index (χ2n) is 6.93. The molecular formula is C19H25N3O2. The van der Waals surface area contributed by atoms with Crippen molar-refractivity contribution >= 4 is 5.91 Å². The maximum Gasteiger partial charge on any atom is 0.255 e. The first-order chi connectivity index (χ1) is 11.7. The molecule has 0 saturated carbocycles. The fourth-order valence-corrected chi connectivity index (χ4v) is 3.93. The van der Waals surface area contributed by atoms with Gasteiger partial charge < -0.3 is 14.9 Å². The molecule has 0 spiro atoms. The van der Waals surface area contributed by atoms with Crippen LogP contribution in [0.25, 0.3) is 0 Å². The van der Waals surface area contributed by atoms with Crippen molar-refractivity contribution in [3.8, 4) is 6.07 Å². The third-order valence-corrected chi connectivity index (χ3v) is 5.32. The molecule has 24 heavy (non-hydrogen) atoms. The van der Waals surface area contributed by atoms with Crippen molar-refractivity contribution in [1.29, 1.82) is 5.26 Å². The van der Waals surface area contributed by atoms with Gasteiger partial charge in [0.05, 0.1) is 17.2 Å². The first-order valence-corrected chi connectivity index (χ1v) is 8.84. The largest absolute Gasteiger partial charge is 0.396 e. The van der Waals surface area contributed by atoms with Crippen LogP contribution in [-0.2, 0) is 0 Å². The molecule has 5 heteroatoms. The molecule has 2 atom stereocenters. The standard InChI is InChI=1S/C19H25N3O2/c20-10-15-6-2-3-7-18(15)19(24)22-12-16(17(13-22)14-23)11-21-8-4-1-5-9-21/h2-3,6-7,16-17,23H,1,4-5,8-9,11-14H2/t16-,17-/m1/s1. The number of hydrogen-bond donors (Lipinski definition) is 1. The SMILES string of the molecule is N#Cc1ccccc1C(=O)N1C[C@@H](CN2CCCCC2)[C@@H](CO)C1. The highest BCUT2D eigenvalue weighted by Crippen LogP contribution is 2.27. The van der Waals surface area contributed by atoms with Gasteiger partial charge in [-0.2, -0.15) is 5.26 Å². The van der Waals surface area contributed by atoms with Gasteiger partial charge in [-0.05, 0) is 44.0 Å². The highest BCUT2D eigenvalue weighted by Gasteiger charge is 2.36. The predicted octanol–water partition coefficient (Wildman–Crippen LogP) is 1.72. The molecule has 2 aliphatic heterocycles. The topological polar surface area (TPSA) is 67.6 Å². The van der Waals surface area contributed by atoms with Gasteiger partial charge >= 0.3 is 0 Å². The van der Waals surface area contributed by atoms with E-state index in [1.54, 1.807) is 24.3 Å². The third-order valence-electron chi connectivity index (χ3n) is 5.32. The molecule has 2 fully saturated rings. The average molecular weight is 327 g/mol. The summed E-state index contributed by atoms with van der Waals surface area (Å²) in [6.45, 7) is 4.56. The summed E-state index contributed by atoms with van der Waals surface area (Å²) >= 11 is 0. The maximum absolute atomic E-state index is 12.8. The van der Waals surface area contributed by atoms with Crippen molar-refractivity contribution < 1.29 is 9.90 Å². The van der Waals surface area contributed by atoms with Crippen LogP contribution in [0.2, 0.25) is 0 Å². The molecule has 0 radical (unpaired) electrons. The number of amides is 1. The van der Waals surface area contributed by atoms with Crippen molar-refractivity contribution in [2.45, 2.75) is 19.3 Å². The molecule has 2 heterocycles. The zero-order chi connectivity index (χ0) is 16.9. The Morgan fingerprint density at radius 2 is 1.88 bits per heavy atom. The van der Waals surface area contributed by atoms with Crippen LogP contribution in [0.1, 0.15) is 35.2 Å². The van der Waals surface area contributed by atoms with Crippen molar-refractivity contribution in [2.75, 3.05) is 39.3 Å². The number of benzene rings is 1. The van der Waals surface area contributed by atoms with Crippen molar-refractivity contribution in [3.05, 3.63) is 35.4 Å². The van der Waals surface area contributed by atoms with Crippen molar-refractivity contribution in [1.82, 2.24) is 9.80 Å². The van der Waals surface area contributed by atoms with Crippen molar-refractivity contribution in [2.24, 2.45) is 11.8 Å². The molecule has 1 aromatic rings. The first kappa shape index (κ1) is 16.9. The summed E-state index contributed by atoms with van der Waals surface area (Å²) in [6, 6.07) is 9.05. The number of hydrogen-bond acceptors (Lipinski definition) is 4. The van der Waals surface area contributed by atoms with Gasteiger partial charge in [-0.1, -0.05) is 18.6 Å². The van der Waals surface area contributed by atoms with Gasteiger partial charge in [0, 0.05) is 32.2 Å². The van der Waals surface area contributed by atoms with E-state index in [0.29, 0.717) is 30.1 Å². The van der Waals surface area contributed by atoms with E-state index in [-0.39, 0.29) is 18.4 Å². The lowest BCUT2D eigenvalue weighted by molar-refractivity contribution is 0.0778. The Bertz CT molecular complexity index is 619. The van der Waals surface area contributed by atoms with Gasteiger partial charge in [-0.25, -0.2) is 0 Å². The molecule has 2 saturated heterocycles. The van der Waals surface area contributed by atoms with E-state index in [1.807, 2.05) is 4.90 Å². The lowest BCUT2D eigenvalue weighted by atomic mass is 9.95. The molecule has 3 rings (SSSR count). The van der Waals surface area contributed by atoms with E-state index < -0.39 is 0 Å². The minimum absolute atomic E-state index is 0.0910. The van der Waals surface area contributed by atoms with Crippen LogP contribution in [0.15, 0.2) is 24.3 Å². The molecule has 2 aliphatic rings. The van der Waals surface area contributed by atoms with Crippen LogP contribution in [-0.4, -0.2) is 60.1 Å². The lowest BCUT2D eigenvalue weighted by Crippen LogP contribution is -2.37. The van der Waals surface area contributed by atoms with Gasteiger partial charge in [0.2, 0.25) is 0 Å². The number of likely N-dealkylation sites (tertiary alicyclic amines) is 2. The fraction of sp³-hybridized carbons (Fsp3) is 0.579. The van der Waals surface area contributed by atoms with Gasteiger partial charge in [0.15, 0.2) is 0 Å². The monoisotopic (exact) mass is 327 g/mol. The van der Waals surface area contributed by atoms with E-state index in [0.717, 1.165) is 19.6 Å². The summed E-state index contributed by atoms with van der Waals surface area (Å²) in [7, 11) is 0. The molecule has 0 aromatic heterocycles. The molecule has 0 bridgehead atoms. The van der Waals surface area contributed by atoms with Gasteiger partial charge in [-0.15, -0.1) is 0 Å². The smallest absolute Gasteiger partial charge is 0.255 e. The predicted molar refractivity (Wildman–Crippen MR) is 91.4 cm³/mol. The van der Waals surface area contributed by atoms with E-state index in [2.05, 4.69) is 11.0 Å². The summed E-state index contributed by atoms with van der Waals surface area (Å²) in [4.78, 5) is 17.1. The Morgan fingerprint density at radius 3 is 2.58 bits per heavy atom. The molecular weight excluding hydrogens is 302 g/mol. The number of carbonyl (C=O) groups is 1. The first-order valence-electron chi connectivity index (χ1n) is 8.84.